The first-order valence-electron chi connectivity index (χ1n) is 16.2. The van der Waals surface area contributed by atoms with Crippen LogP contribution >= 0.6 is 0 Å². The smallest absolute Gasteiger partial charge is 0.251 e. The highest BCUT2D eigenvalue weighted by Gasteiger charge is 2.32. The molecule has 7 heteroatoms. The van der Waals surface area contributed by atoms with Gasteiger partial charge in [-0.3, -0.25) is 9.78 Å². The lowest BCUT2D eigenvalue weighted by molar-refractivity contribution is -0.252. The average Bonchev–Trinajstić information content (AvgIpc) is 3.14. The van der Waals surface area contributed by atoms with Crippen LogP contribution in [0.1, 0.15) is 57.1 Å². The molecule has 0 bridgehead atoms. The summed E-state index contributed by atoms with van der Waals surface area (Å²) in [6, 6.07) is 39.7. The number of pyridine rings is 1. The topological polar surface area (TPSA) is 83.9 Å². The zero-order valence-corrected chi connectivity index (χ0v) is 26.7. The zero-order valence-electron chi connectivity index (χ0n) is 26.7. The number of nitrogens with zero attached hydrogens (tertiary/aromatic N) is 2. The van der Waals surface area contributed by atoms with E-state index in [1.165, 1.54) is 0 Å². The molecule has 1 aromatic heterocycles. The monoisotopic (exact) mass is 627 g/mol. The Hall–Kier alpha value is -4.66. The Kier molecular flexibility index (Phi) is 10.8. The number of nitrogens with one attached hydrogen (secondary N) is 1. The molecule has 2 N–H and O–H groups in total. The third kappa shape index (κ3) is 8.58. The van der Waals surface area contributed by atoms with Gasteiger partial charge in [-0.25, -0.2) is 0 Å². The molecule has 2 heterocycles. The van der Waals surface area contributed by atoms with Crippen molar-refractivity contribution in [2.24, 2.45) is 0 Å². The highest BCUT2D eigenvalue weighted by atomic mass is 16.7. The first-order valence-corrected chi connectivity index (χ1v) is 16.2. The van der Waals surface area contributed by atoms with E-state index in [1.54, 1.807) is 0 Å². The van der Waals surface area contributed by atoms with Gasteiger partial charge < -0.3 is 24.8 Å². The normalized spacial score (nSPS) is 17.8. The summed E-state index contributed by atoms with van der Waals surface area (Å²) in [5.74, 6) is -0.0974. The molecule has 5 aromatic rings. The molecule has 47 heavy (non-hydrogen) atoms. The van der Waals surface area contributed by atoms with Crippen molar-refractivity contribution >= 4 is 5.91 Å². The van der Waals surface area contributed by atoms with E-state index in [4.69, 9.17) is 9.47 Å². The largest absolute Gasteiger partial charge is 0.392 e. The number of carbonyl (C=O) groups excluding carboxylic acids is 1. The highest BCUT2D eigenvalue weighted by Crippen LogP contribution is 2.38. The first kappa shape index (κ1) is 32.3. The van der Waals surface area contributed by atoms with Crippen LogP contribution in [0, 0.1) is 0 Å². The van der Waals surface area contributed by atoms with Gasteiger partial charge in [-0.2, -0.15) is 0 Å². The van der Waals surface area contributed by atoms with Gasteiger partial charge >= 0.3 is 0 Å². The molecule has 4 aromatic carbocycles. The fraction of sp³-hybridized carbons (Fsp3) is 0.250. The predicted molar refractivity (Wildman–Crippen MR) is 183 cm³/mol. The number of aliphatic hydroxyl groups excluding tert-OH is 1. The number of carbonyl (C=O) groups is 1. The Bertz CT molecular complexity index is 1710. The van der Waals surface area contributed by atoms with Crippen molar-refractivity contribution in [3.05, 3.63) is 161 Å². The number of hydrogen-bond donors (Lipinski definition) is 2. The third-order valence-electron chi connectivity index (χ3n) is 8.59. The Labute approximate surface area is 276 Å². The lowest BCUT2D eigenvalue weighted by atomic mass is 9.97. The number of rotatable bonds is 12. The molecule has 6 rings (SSSR count). The van der Waals surface area contributed by atoms with Gasteiger partial charge in [-0.15, -0.1) is 0 Å². The Balaban J connectivity index is 1.16. The molecule has 1 amide bonds. The number of aliphatic hydroxyl groups is 1. The maximum Gasteiger partial charge on any atom is 0.251 e. The second kappa shape index (κ2) is 15.8. The molecule has 7 nitrogen and oxygen atoms in total. The molecule has 0 aliphatic carbocycles. The van der Waals surface area contributed by atoms with Gasteiger partial charge in [0.25, 0.3) is 5.91 Å². The zero-order chi connectivity index (χ0) is 32.4. The van der Waals surface area contributed by atoms with Crippen LogP contribution in [0.3, 0.4) is 0 Å². The van der Waals surface area contributed by atoms with Crippen molar-refractivity contribution < 1.29 is 19.4 Å². The summed E-state index contributed by atoms with van der Waals surface area (Å²) in [6.45, 7) is 2.07. The summed E-state index contributed by atoms with van der Waals surface area (Å²) in [6.07, 6.45) is 2.71. The number of amides is 1. The van der Waals surface area contributed by atoms with Crippen molar-refractivity contribution in [2.75, 3.05) is 20.1 Å². The molecule has 1 fully saturated rings. The molecule has 1 aliphatic rings. The highest BCUT2D eigenvalue weighted by molar-refractivity contribution is 5.94. The minimum absolute atomic E-state index is 0.0100. The fourth-order valence-electron chi connectivity index (χ4n) is 5.97. The third-order valence-corrected chi connectivity index (χ3v) is 8.59. The minimum atomic E-state index is -0.532. The van der Waals surface area contributed by atoms with Gasteiger partial charge in [0.1, 0.15) is 0 Å². The predicted octanol–water partition coefficient (Wildman–Crippen LogP) is 6.89. The second-order valence-electron chi connectivity index (χ2n) is 12.0. The molecule has 0 spiro atoms. The van der Waals surface area contributed by atoms with Crippen LogP contribution in [0.4, 0.5) is 0 Å². The summed E-state index contributed by atoms with van der Waals surface area (Å²) in [7, 11) is 2.12. The number of ether oxygens (including phenoxy) is 2. The first-order chi connectivity index (χ1) is 23.1. The van der Waals surface area contributed by atoms with Gasteiger partial charge in [0.2, 0.25) is 0 Å². The summed E-state index contributed by atoms with van der Waals surface area (Å²) >= 11 is 0. The van der Waals surface area contributed by atoms with E-state index in [9.17, 15) is 9.90 Å². The fourth-order valence-corrected chi connectivity index (χ4v) is 5.97. The van der Waals surface area contributed by atoms with E-state index in [0.717, 1.165) is 65.0 Å². The Morgan fingerprint density at radius 1 is 0.851 bits per heavy atom. The van der Waals surface area contributed by atoms with Crippen LogP contribution in [0.2, 0.25) is 0 Å². The maximum atomic E-state index is 12.7. The molecule has 0 radical (unpaired) electrons. The number of likely N-dealkylation sites (N-methyl/N-ethyl adjacent to an activating group) is 1. The molecule has 0 unspecified atom stereocenters. The minimum Gasteiger partial charge on any atom is -0.392 e. The van der Waals surface area contributed by atoms with Gasteiger partial charge in [0, 0.05) is 55.5 Å². The van der Waals surface area contributed by atoms with Crippen LogP contribution < -0.4 is 5.32 Å². The second-order valence-corrected chi connectivity index (χ2v) is 12.0. The van der Waals surface area contributed by atoms with Gasteiger partial charge in [0.15, 0.2) is 6.29 Å². The van der Waals surface area contributed by atoms with Crippen molar-refractivity contribution in [2.45, 2.75) is 44.5 Å². The molecular formula is C40H41N3O4. The van der Waals surface area contributed by atoms with E-state index in [2.05, 4.69) is 58.6 Å². The number of aromatic nitrogens is 1. The van der Waals surface area contributed by atoms with Gasteiger partial charge in [-0.05, 0) is 59.1 Å². The molecule has 1 saturated heterocycles. The molecular weight excluding hydrogens is 586 g/mol. The SMILES string of the molecule is CN(CCc1ccccn1)C[C@@H]1C[C@H](c2ccc(CO)cc2)O[C@H](c2ccc(-c3ccccc3CNC(=O)c3ccccc3)cc2)O1. The van der Waals surface area contributed by atoms with E-state index in [1.807, 2.05) is 91.1 Å². The van der Waals surface area contributed by atoms with Crippen LogP contribution in [0.5, 0.6) is 0 Å². The number of hydrogen-bond acceptors (Lipinski definition) is 6. The summed E-state index contributed by atoms with van der Waals surface area (Å²) < 4.78 is 13.2. The lowest BCUT2D eigenvalue weighted by Crippen LogP contribution is -2.38. The Morgan fingerprint density at radius 2 is 1.57 bits per heavy atom. The molecule has 3 atom stereocenters. The van der Waals surface area contributed by atoms with Crippen LogP contribution in [-0.2, 0) is 29.0 Å². The molecule has 0 saturated carbocycles. The van der Waals surface area contributed by atoms with Crippen molar-refractivity contribution in [1.82, 2.24) is 15.2 Å². The van der Waals surface area contributed by atoms with E-state index in [0.29, 0.717) is 12.1 Å². The van der Waals surface area contributed by atoms with E-state index < -0.39 is 6.29 Å². The van der Waals surface area contributed by atoms with Crippen LogP contribution in [-0.4, -0.2) is 47.1 Å². The van der Waals surface area contributed by atoms with Crippen molar-refractivity contribution in [1.29, 1.82) is 0 Å². The van der Waals surface area contributed by atoms with E-state index in [-0.39, 0.29) is 24.7 Å². The van der Waals surface area contributed by atoms with Crippen molar-refractivity contribution in [3.63, 3.8) is 0 Å². The quantitative estimate of drug-likeness (QED) is 0.157. The summed E-state index contributed by atoms with van der Waals surface area (Å²) in [5, 5.41) is 12.6. The Morgan fingerprint density at radius 3 is 2.32 bits per heavy atom. The maximum absolute atomic E-state index is 12.7. The summed E-state index contributed by atoms with van der Waals surface area (Å²) in [4.78, 5) is 19.4. The number of benzene rings is 4. The van der Waals surface area contributed by atoms with Gasteiger partial charge in [0.05, 0.1) is 18.8 Å². The van der Waals surface area contributed by atoms with Crippen LogP contribution in [0.25, 0.3) is 11.1 Å². The average molecular weight is 628 g/mol. The standard InChI is InChI=1S/C40H41N3O4/c1-43(24-22-35-12-7-8-23-41-35)27-36-25-38(31-16-14-29(28-44)15-17-31)47-40(46-36)33-20-18-30(19-21-33)37-13-6-5-11-34(37)26-42-39(45)32-9-3-2-4-10-32/h2-21,23,36,38,40,44H,22,24-28H2,1H3,(H,42,45)/t36-,38+,40+/m0/s1. The molecule has 240 valence electrons. The van der Waals surface area contributed by atoms with E-state index >= 15 is 0 Å². The molecule has 1 aliphatic heterocycles. The van der Waals surface area contributed by atoms with Crippen LogP contribution in [0.15, 0.2) is 128 Å². The van der Waals surface area contributed by atoms with Gasteiger partial charge in [-0.1, -0.05) is 97.1 Å². The lowest BCUT2D eigenvalue weighted by Gasteiger charge is -2.38. The summed E-state index contributed by atoms with van der Waals surface area (Å²) in [5.41, 5.74) is 7.76. The van der Waals surface area contributed by atoms with Crippen molar-refractivity contribution in [3.8, 4) is 11.1 Å².